The second-order valence-corrected chi connectivity index (χ2v) is 7.84. The van der Waals surface area contributed by atoms with Crippen LogP contribution in [0.2, 0.25) is 0 Å². The number of ether oxygens (including phenoxy) is 1. The third kappa shape index (κ3) is 5.57. The number of aromatic amines is 1. The van der Waals surface area contributed by atoms with Crippen LogP contribution in [-0.4, -0.2) is 53.9 Å². The number of amides is 1. The summed E-state index contributed by atoms with van der Waals surface area (Å²) < 4.78 is 5.36. The number of carbonyl (C=O) groups is 1. The third-order valence-corrected chi connectivity index (χ3v) is 5.60. The van der Waals surface area contributed by atoms with E-state index in [9.17, 15) is 9.59 Å². The van der Waals surface area contributed by atoms with Crippen molar-refractivity contribution in [3.05, 3.63) is 58.9 Å². The monoisotopic (exact) mass is 420 g/mol. The minimum Gasteiger partial charge on any atom is -0.379 e. The summed E-state index contributed by atoms with van der Waals surface area (Å²) in [6.45, 7) is 4.75. The van der Waals surface area contributed by atoms with Gasteiger partial charge in [-0.3, -0.25) is 14.5 Å². The molecule has 7 heteroatoms. The summed E-state index contributed by atoms with van der Waals surface area (Å²) >= 11 is 0. The molecule has 7 nitrogen and oxygen atoms in total. The van der Waals surface area contributed by atoms with Crippen molar-refractivity contribution in [2.75, 3.05) is 38.2 Å². The topological polar surface area (TPSA) is 87.3 Å². The van der Waals surface area contributed by atoms with Crippen molar-refractivity contribution in [2.45, 2.75) is 25.7 Å². The lowest BCUT2D eigenvalue weighted by atomic mass is 10.0. The number of H-pyrrole nitrogens is 1. The van der Waals surface area contributed by atoms with Crippen LogP contribution in [0.25, 0.3) is 22.0 Å². The standard InChI is InChI=1S/C24H28N4O3/c29-22(11-2-1-5-12-28-13-15-31-16-14-28)25-19-8-6-7-18(17-19)23-20-9-3-4-10-21(20)24(30)27-26-23/h3-4,6-10,17H,1-2,5,11-16H2,(H,25,29)(H,27,30). The molecule has 1 aromatic heterocycles. The van der Waals surface area contributed by atoms with Gasteiger partial charge in [-0.05, 0) is 37.6 Å². The Hall–Kier alpha value is -3.03. The summed E-state index contributed by atoms with van der Waals surface area (Å²) in [7, 11) is 0. The second-order valence-electron chi connectivity index (χ2n) is 7.84. The van der Waals surface area contributed by atoms with Crippen LogP contribution in [0.3, 0.4) is 0 Å². The summed E-state index contributed by atoms with van der Waals surface area (Å²) in [5, 5.41) is 11.2. The first-order valence-electron chi connectivity index (χ1n) is 10.9. The average molecular weight is 421 g/mol. The molecule has 3 aromatic rings. The van der Waals surface area contributed by atoms with E-state index in [4.69, 9.17) is 4.74 Å². The molecule has 0 aliphatic carbocycles. The lowest BCUT2D eigenvalue weighted by molar-refractivity contribution is -0.116. The Labute approximate surface area is 181 Å². The van der Waals surface area contributed by atoms with Crippen LogP contribution >= 0.6 is 0 Å². The second kappa shape index (κ2) is 10.3. The van der Waals surface area contributed by atoms with E-state index in [1.54, 1.807) is 6.07 Å². The highest BCUT2D eigenvalue weighted by atomic mass is 16.5. The van der Waals surface area contributed by atoms with E-state index < -0.39 is 0 Å². The fraction of sp³-hybridized carbons (Fsp3) is 0.375. The number of anilines is 1. The number of nitrogens with one attached hydrogen (secondary N) is 2. The highest BCUT2D eigenvalue weighted by Gasteiger charge is 2.11. The quantitative estimate of drug-likeness (QED) is 0.545. The maximum atomic E-state index is 12.4. The predicted octanol–water partition coefficient (Wildman–Crippen LogP) is 3.42. The molecule has 0 unspecified atom stereocenters. The number of benzene rings is 2. The number of rotatable bonds is 8. The van der Waals surface area contributed by atoms with Gasteiger partial charge in [0.2, 0.25) is 5.91 Å². The van der Waals surface area contributed by atoms with Crippen molar-refractivity contribution in [1.82, 2.24) is 15.1 Å². The Morgan fingerprint density at radius 3 is 2.68 bits per heavy atom. The molecule has 1 aliphatic heterocycles. The molecule has 4 rings (SSSR count). The summed E-state index contributed by atoms with van der Waals surface area (Å²) in [5.74, 6) is 0.0165. The summed E-state index contributed by atoms with van der Waals surface area (Å²) in [4.78, 5) is 26.8. The largest absolute Gasteiger partial charge is 0.379 e. The van der Waals surface area contributed by atoms with Gasteiger partial charge in [0, 0.05) is 36.1 Å². The lowest BCUT2D eigenvalue weighted by Gasteiger charge is -2.26. The minimum atomic E-state index is -0.211. The van der Waals surface area contributed by atoms with Gasteiger partial charge in [-0.15, -0.1) is 0 Å². The molecule has 1 amide bonds. The van der Waals surface area contributed by atoms with Gasteiger partial charge in [0.05, 0.1) is 24.3 Å². The van der Waals surface area contributed by atoms with Crippen LogP contribution in [0.1, 0.15) is 25.7 Å². The first-order valence-corrected chi connectivity index (χ1v) is 10.9. The number of nitrogens with zero attached hydrogens (tertiary/aromatic N) is 2. The van der Waals surface area contributed by atoms with Crippen molar-refractivity contribution in [3.8, 4) is 11.3 Å². The minimum absolute atomic E-state index is 0.0165. The molecule has 0 radical (unpaired) electrons. The van der Waals surface area contributed by atoms with E-state index in [0.29, 0.717) is 17.5 Å². The predicted molar refractivity (Wildman–Crippen MR) is 122 cm³/mol. The Bertz CT molecular complexity index is 1090. The highest BCUT2D eigenvalue weighted by Crippen LogP contribution is 2.26. The van der Waals surface area contributed by atoms with Gasteiger partial charge >= 0.3 is 0 Å². The lowest BCUT2D eigenvalue weighted by Crippen LogP contribution is -2.36. The smallest absolute Gasteiger partial charge is 0.272 e. The molecule has 0 spiro atoms. The van der Waals surface area contributed by atoms with E-state index in [-0.39, 0.29) is 11.5 Å². The average Bonchev–Trinajstić information content (AvgIpc) is 2.80. The van der Waals surface area contributed by atoms with Gasteiger partial charge in [-0.2, -0.15) is 5.10 Å². The molecule has 1 saturated heterocycles. The maximum absolute atomic E-state index is 12.4. The zero-order valence-electron chi connectivity index (χ0n) is 17.6. The number of hydrogen-bond donors (Lipinski definition) is 2. The van der Waals surface area contributed by atoms with E-state index in [0.717, 1.165) is 68.7 Å². The van der Waals surface area contributed by atoms with Crippen molar-refractivity contribution in [3.63, 3.8) is 0 Å². The fourth-order valence-electron chi connectivity index (χ4n) is 3.93. The van der Waals surface area contributed by atoms with Crippen molar-refractivity contribution < 1.29 is 9.53 Å². The van der Waals surface area contributed by atoms with Gasteiger partial charge in [-0.25, -0.2) is 5.10 Å². The van der Waals surface area contributed by atoms with E-state index >= 15 is 0 Å². The van der Waals surface area contributed by atoms with Crippen LogP contribution in [0.4, 0.5) is 5.69 Å². The molecule has 0 atom stereocenters. The van der Waals surface area contributed by atoms with Crippen molar-refractivity contribution in [1.29, 1.82) is 0 Å². The van der Waals surface area contributed by atoms with E-state index in [1.807, 2.05) is 42.5 Å². The molecule has 1 fully saturated rings. The van der Waals surface area contributed by atoms with Crippen LogP contribution in [-0.2, 0) is 9.53 Å². The van der Waals surface area contributed by atoms with Gasteiger partial charge in [0.1, 0.15) is 0 Å². The molecule has 2 N–H and O–H groups in total. The molecule has 0 bridgehead atoms. The Morgan fingerprint density at radius 1 is 1.03 bits per heavy atom. The third-order valence-electron chi connectivity index (χ3n) is 5.60. The SMILES string of the molecule is O=C(CCCCCN1CCOCC1)Nc1cccc(-c2n[nH]c(=O)c3ccccc23)c1. The van der Waals surface area contributed by atoms with Gasteiger partial charge in [-0.1, -0.05) is 36.8 Å². The zero-order valence-corrected chi connectivity index (χ0v) is 17.6. The number of hydrogen-bond acceptors (Lipinski definition) is 5. The number of unbranched alkanes of at least 4 members (excludes halogenated alkanes) is 2. The summed E-state index contributed by atoms with van der Waals surface area (Å²) in [6.07, 6.45) is 3.53. The zero-order chi connectivity index (χ0) is 21.5. The van der Waals surface area contributed by atoms with Crippen LogP contribution in [0.15, 0.2) is 53.3 Å². The fourth-order valence-corrected chi connectivity index (χ4v) is 3.93. The number of carbonyl (C=O) groups excluding carboxylic acids is 1. The molecule has 2 aromatic carbocycles. The van der Waals surface area contributed by atoms with Gasteiger partial charge in [0.15, 0.2) is 0 Å². The summed E-state index contributed by atoms with van der Waals surface area (Å²) in [6, 6.07) is 15.0. The normalized spacial score (nSPS) is 14.6. The molecule has 2 heterocycles. The Balaban J connectivity index is 1.32. The Kier molecular flexibility index (Phi) is 7.07. The van der Waals surface area contributed by atoms with E-state index in [1.165, 1.54) is 0 Å². The molecular weight excluding hydrogens is 392 g/mol. The van der Waals surface area contributed by atoms with Crippen LogP contribution < -0.4 is 10.9 Å². The highest BCUT2D eigenvalue weighted by molar-refractivity contribution is 5.95. The van der Waals surface area contributed by atoms with Gasteiger partial charge in [0.25, 0.3) is 5.56 Å². The van der Waals surface area contributed by atoms with E-state index in [2.05, 4.69) is 20.4 Å². The van der Waals surface area contributed by atoms with Crippen LogP contribution in [0.5, 0.6) is 0 Å². The molecular formula is C24H28N4O3. The number of fused-ring (bicyclic) bond motifs is 1. The number of morpholine rings is 1. The summed E-state index contributed by atoms with van der Waals surface area (Å²) in [5.41, 5.74) is 2.05. The Morgan fingerprint density at radius 2 is 1.84 bits per heavy atom. The maximum Gasteiger partial charge on any atom is 0.272 e. The first-order chi connectivity index (χ1) is 15.2. The van der Waals surface area contributed by atoms with Crippen molar-refractivity contribution in [2.24, 2.45) is 0 Å². The molecule has 1 aliphatic rings. The van der Waals surface area contributed by atoms with Crippen molar-refractivity contribution >= 4 is 22.4 Å². The van der Waals surface area contributed by atoms with Gasteiger partial charge < -0.3 is 10.1 Å². The molecule has 31 heavy (non-hydrogen) atoms. The first kappa shape index (κ1) is 21.2. The molecule has 162 valence electrons. The number of aromatic nitrogens is 2. The molecule has 0 saturated carbocycles. The van der Waals surface area contributed by atoms with Crippen LogP contribution in [0, 0.1) is 0 Å².